The summed E-state index contributed by atoms with van der Waals surface area (Å²) in [4.78, 5) is 25.4. The van der Waals surface area contributed by atoms with Crippen LogP contribution in [0.4, 0.5) is 37.7 Å². The summed E-state index contributed by atoms with van der Waals surface area (Å²) in [5.74, 6) is 0. The molecule has 0 atom stereocenters. The molecule has 0 N–H and O–H groups in total. The highest BCUT2D eigenvalue weighted by atomic mass is 19.4. The first-order valence-electron chi connectivity index (χ1n) is 4.59. The van der Waals surface area contributed by atoms with Crippen molar-refractivity contribution >= 4 is 23.5 Å². The minimum atomic E-state index is -5.41. The van der Waals surface area contributed by atoms with Gasteiger partial charge in [0.25, 0.3) is 0 Å². The number of nitrogens with zero attached hydrogens (tertiary/aromatic N) is 2. The third-order valence-corrected chi connectivity index (χ3v) is 2.03. The average molecular weight is 296 g/mol. The van der Waals surface area contributed by atoms with Crippen molar-refractivity contribution in [2.45, 2.75) is 12.4 Å². The van der Waals surface area contributed by atoms with Gasteiger partial charge in [0.1, 0.15) is 0 Å². The maximum Gasteiger partial charge on any atom is 0.419 e. The largest absolute Gasteiger partial charge is 0.419 e. The molecular formula is C10H2F6N2O2. The molecule has 0 heterocycles. The molecule has 0 unspecified atom stereocenters. The third kappa shape index (κ3) is 3.31. The highest BCUT2D eigenvalue weighted by molar-refractivity contribution is 5.66. The Bertz CT molecular complexity index is 622. The Morgan fingerprint density at radius 1 is 0.850 bits per heavy atom. The topological polar surface area (TPSA) is 58.9 Å². The fourth-order valence-electron chi connectivity index (χ4n) is 1.39. The number of isocyanates is 2. The molecule has 0 aliphatic rings. The molecule has 20 heavy (non-hydrogen) atoms. The third-order valence-electron chi connectivity index (χ3n) is 2.03. The van der Waals surface area contributed by atoms with Crippen LogP contribution in [0.5, 0.6) is 0 Å². The number of hydrogen-bond acceptors (Lipinski definition) is 4. The number of halogens is 6. The van der Waals surface area contributed by atoms with Crippen molar-refractivity contribution < 1.29 is 35.9 Å². The molecule has 0 saturated carbocycles. The standard InChI is InChI=1S/C10H2F6N2O2/c11-9(12,13)6-1-5(17-3-19)2-7(18-4-20)8(6)10(14,15)16/h1-2H. The summed E-state index contributed by atoms with van der Waals surface area (Å²) in [7, 11) is 0. The Kier molecular flexibility index (Phi) is 4.12. The van der Waals surface area contributed by atoms with Crippen LogP contribution in [0.25, 0.3) is 0 Å². The molecule has 1 rings (SSSR count). The molecular weight excluding hydrogens is 294 g/mol. The van der Waals surface area contributed by atoms with E-state index < -0.39 is 34.9 Å². The van der Waals surface area contributed by atoms with E-state index in [0.717, 1.165) is 6.08 Å². The molecule has 0 radical (unpaired) electrons. The maximum atomic E-state index is 12.7. The van der Waals surface area contributed by atoms with Gasteiger partial charge in [-0.15, -0.1) is 0 Å². The second-order valence-corrected chi connectivity index (χ2v) is 3.29. The first-order valence-corrected chi connectivity index (χ1v) is 4.59. The molecule has 0 fully saturated rings. The number of carbonyl (C=O) groups excluding carboxylic acids is 2. The molecule has 10 heteroatoms. The van der Waals surface area contributed by atoms with Gasteiger partial charge >= 0.3 is 12.4 Å². The van der Waals surface area contributed by atoms with Crippen LogP contribution < -0.4 is 0 Å². The average Bonchev–Trinajstić information content (AvgIpc) is 2.26. The lowest BCUT2D eigenvalue weighted by atomic mass is 10.0. The van der Waals surface area contributed by atoms with E-state index in [2.05, 4.69) is 9.98 Å². The minimum Gasteiger partial charge on any atom is -0.211 e. The highest BCUT2D eigenvalue weighted by Gasteiger charge is 2.45. The van der Waals surface area contributed by atoms with Gasteiger partial charge in [0.05, 0.1) is 22.5 Å². The fourth-order valence-corrected chi connectivity index (χ4v) is 1.39. The van der Waals surface area contributed by atoms with Crippen molar-refractivity contribution in [3.05, 3.63) is 23.3 Å². The summed E-state index contributed by atoms with van der Waals surface area (Å²) < 4.78 is 76.0. The molecule has 0 aliphatic carbocycles. The number of benzene rings is 1. The van der Waals surface area contributed by atoms with Gasteiger partial charge in [-0.25, -0.2) is 9.59 Å². The van der Waals surface area contributed by atoms with E-state index >= 15 is 0 Å². The maximum absolute atomic E-state index is 12.7. The predicted molar refractivity (Wildman–Crippen MR) is 52.0 cm³/mol. The molecule has 106 valence electrons. The lowest BCUT2D eigenvalue weighted by molar-refractivity contribution is -0.161. The van der Waals surface area contributed by atoms with Gasteiger partial charge in [0.2, 0.25) is 12.2 Å². The molecule has 1 aromatic rings. The normalized spacial score (nSPS) is 11.5. The Balaban J connectivity index is 3.85. The van der Waals surface area contributed by atoms with Gasteiger partial charge in [-0.2, -0.15) is 36.3 Å². The van der Waals surface area contributed by atoms with Gasteiger partial charge in [-0.05, 0) is 12.1 Å². The quantitative estimate of drug-likeness (QED) is 0.475. The van der Waals surface area contributed by atoms with E-state index in [1.807, 2.05) is 0 Å². The molecule has 4 nitrogen and oxygen atoms in total. The van der Waals surface area contributed by atoms with E-state index in [1.165, 1.54) is 0 Å². The van der Waals surface area contributed by atoms with Crippen molar-refractivity contribution in [2.24, 2.45) is 9.98 Å². The van der Waals surface area contributed by atoms with E-state index in [-0.39, 0.29) is 6.07 Å². The second-order valence-electron chi connectivity index (χ2n) is 3.29. The highest BCUT2D eigenvalue weighted by Crippen LogP contribution is 2.46. The van der Waals surface area contributed by atoms with E-state index in [0.29, 0.717) is 12.1 Å². The molecule has 0 saturated heterocycles. The Labute approximate surface area is 106 Å². The lowest BCUT2D eigenvalue weighted by Gasteiger charge is -2.17. The molecule has 1 aromatic carbocycles. The van der Waals surface area contributed by atoms with Crippen LogP contribution in [0.3, 0.4) is 0 Å². The number of aliphatic imine (C=N–C) groups is 2. The number of rotatable bonds is 2. The summed E-state index contributed by atoms with van der Waals surface area (Å²) in [6.45, 7) is 0. The lowest BCUT2D eigenvalue weighted by Crippen LogP contribution is -2.16. The Hall–Kier alpha value is -2.44. The molecule has 0 spiro atoms. The van der Waals surface area contributed by atoms with Crippen LogP contribution in [0, 0.1) is 0 Å². The van der Waals surface area contributed by atoms with Crippen LogP contribution in [-0.4, -0.2) is 12.2 Å². The van der Waals surface area contributed by atoms with E-state index in [4.69, 9.17) is 0 Å². The SMILES string of the molecule is O=C=Nc1cc(N=C=O)c(C(F)(F)F)c(C(F)(F)F)c1. The monoisotopic (exact) mass is 296 g/mol. The summed E-state index contributed by atoms with van der Waals surface area (Å²) >= 11 is 0. The zero-order valence-corrected chi connectivity index (χ0v) is 9.13. The zero-order chi connectivity index (χ0) is 15.6. The van der Waals surface area contributed by atoms with E-state index in [9.17, 15) is 35.9 Å². The van der Waals surface area contributed by atoms with Crippen LogP contribution in [0.1, 0.15) is 11.1 Å². The zero-order valence-electron chi connectivity index (χ0n) is 9.13. The van der Waals surface area contributed by atoms with Gasteiger partial charge < -0.3 is 0 Å². The predicted octanol–water partition coefficient (Wildman–Crippen LogP) is 3.66. The van der Waals surface area contributed by atoms with Gasteiger partial charge in [0.15, 0.2) is 0 Å². The van der Waals surface area contributed by atoms with E-state index in [1.54, 1.807) is 0 Å². The van der Waals surface area contributed by atoms with Crippen molar-refractivity contribution in [1.29, 1.82) is 0 Å². The number of hydrogen-bond donors (Lipinski definition) is 0. The van der Waals surface area contributed by atoms with Crippen molar-refractivity contribution in [1.82, 2.24) is 0 Å². The molecule has 0 aromatic heterocycles. The van der Waals surface area contributed by atoms with Crippen LogP contribution in [0.15, 0.2) is 22.1 Å². The van der Waals surface area contributed by atoms with Gasteiger partial charge in [-0.3, -0.25) is 0 Å². The van der Waals surface area contributed by atoms with Crippen molar-refractivity contribution in [3.63, 3.8) is 0 Å². The molecule has 0 bridgehead atoms. The number of alkyl halides is 6. The summed E-state index contributed by atoms with van der Waals surface area (Å²) in [5.41, 5.74) is -6.38. The van der Waals surface area contributed by atoms with Crippen molar-refractivity contribution in [2.75, 3.05) is 0 Å². The Morgan fingerprint density at radius 2 is 1.40 bits per heavy atom. The first kappa shape index (κ1) is 15.6. The summed E-state index contributed by atoms with van der Waals surface area (Å²) in [6, 6.07) is 0.408. The van der Waals surface area contributed by atoms with Gasteiger partial charge in [-0.1, -0.05) is 0 Å². The first-order chi connectivity index (χ1) is 9.11. The smallest absolute Gasteiger partial charge is 0.211 e. The molecule has 0 aliphatic heterocycles. The summed E-state index contributed by atoms with van der Waals surface area (Å²) in [6.07, 6.45) is -9.21. The Morgan fingerprint density at radius 3 is 1.80 bits per heavy atom. The second kappa shape index (κ2) is 5.28. The van der Waals surface area contributed by atoms with Crippen LogP contribution >= 0.6 is 0 Å². The molecule has 0 amide bonds. The van der Waals surface area contributed by atoms with Crippen molar-refractivity contribution in [3.8, 4) is 0 Å². The summed E-state index contributed by atoms with van der Waals surface area (Å²) in [5, 5.41) is 0. The minimum absolute atomic E-state index is 0.0115. The van der Waals surface area contributed by atoms with Gasteiger partial charge in [0, 0.05) is 0 Å². The fraction of sp³-hybridized carbons (Fsp3) is 0.200. The van der Waals surface area contributed by atoms with Crippen LogP contribution in [-0.2, 0) is 21.9 Å². The van der Waals surface area contributed by atoms with Crippen LogP contribution in [0.2, 0.25) is 0 Å².